The molecule has 0 atom stereocenters. The van der Waals surface area contributed by atoms with E-state index in [4.69, 9.17) is 5.11 Å². The molecule has 22 heavy (non-hydrogen) atoms. The van der Waals surface area contributed by atoms with Gasteiger partial charge in [-0.2, -0.15) is 4.73 Å². The largest absolute Gasteiger partial charge is 0.618 e. The van der Waals surface area contributed by atoms with Gasteiger partial charge < -0.3 is 14.9 Å². The average molecular weight is 298 g/mol. The first-order chi connectivity index (χ1) is 10.5. The Kier molecular flexibility index (Phi) is 3.29. The van der Waals surface area contributed by atoms with Gasteiger partial charge in [0.2, 0.25) is 11.5 Å². The van der Waals surface area contributed by atoms with E-state index in [-0.39, 0.29) is 5.69 Å². The predicted octanol–water partition coefficient (Wildman–Crippen LogP) is 1.64. The molecule has 0 amide bonds. The van der Waals surface area contributed by atoms with Crippen molar-refractivity contribution in [1.82, 2.24) is 4.57 Å². The summed E-state index contributed by atoms with van der Waals surface area (Å²) in [5.41, 5.74) is 1.74. The van der Waals surface area contributed by atoms with E-state index in [0.717, 1.165) is 16.3 Å². The van der Waals surface area contributed by atoms with Crippen molar-refractivity contribution in [2.75, 3.05) is 0 Å². The highest BCUT2D eigenvalue weighted by Crippen LogP contribution is 2.29. The van der Waals surface area contributed by atoms with Crippen LogP contribution in [0.25, 0.3) is 21.8 Å². The summed E-state index contributed by atoms with van der Waals surface area (Å²) >= 11 is 0. The molecule has 2 heterocycles. The molecule has 0 radical (unpaired) electrons. The zero-order chi connectivity index (χ0) is 15.9. The Morgan fingerprint density at radius 2 is 1.95 bits per heavy atom. The lowest BCUT2D eigenvalue weighted by atomic mass is 10.1. The molecular weight excluding hydrogens is 284 g/mol. The van der Waals surface area contributed by atoms with Crippen LogP contribution in [-0.2, 0) is 22.6 Å². The van der Waals surface area contributed by atoms with Gasteiger partial charge in [-0.3, -0.25) is 4.79 Å². The number of carbonyl (C=O) groups excluding carboxylic acids is 1. The normalized spacial score (nSPS) is 11.1. The number of hydrogen-bond acceptors (Lipinski definition) is 3. The topological polar surface area (TPSA) is 86.2 Å². The van der Waals surface area contributed by atoms with Gasteiger partial charge in [0.15, 0.2) is 6.20 Å². The first-order valence-electron chi connectivity index (χ1n) is 6.92. The first kappa shape index (κ1) is 14.1. The number of benzene rings is 1. The molecule has 1 aromatic carbocycles. The number of fused-ring (bicyclic) bond motifs is 3. The van der Waals surface area contributed by atoms with Crippen LogP contribution >= 0.6 is 0 Å². The number of carboxylic acid groups (broad SMARTS) is 1. The van der Waals surface area contributed by atoms with Gasteiger partial charge in [0.05, 0.1) is 0 Å². The number of carbonyl (C=O) groups is 2. The number of nitrogens with zero attached hydrogens (tertiary/aromatic N) is 2. The second kappa shape index (κ2) is 5.14. The van der Waals surface area contributed by atoms with Crippen LogP contribution in [0.5, 0.6) is 0 Å². The summed E-state index contributed by atoms with van der Waals surface area (Å²) in [5.74, 6) is -2.53. The lowest BCUT2D eigenvalue weighted by Crippen LogP contribution is -2.34. The quantitative estimate of drug-likeness (QED) is 0.451. The summed E-state index contributed by atoms with van der Waals surface area (Å²) in [4.78, 5) is 22.4. The summed E-state index contributed by atoms with van der Waals surface area (Å²) in [6, 6.07) is 9.40. The molecule has 6 nitrogen and oxygen atoms in total. The van der Waals surface area contributed by atoms with Crippen LogP contribution in [-0.4, -0.2) is 21.4 Å². The molecule has 112 valence electrons. The fourth-order valence-electron chi connectivity index (χ4n) is 2.86. The standard InChI is InChI=1S/C16H14N2O4/c1-2-17-12-6-4-3-5-10(12)11-7-8-18(22)13(15(11)17)9-14(19)16(20)21/h3-8H,2,9H2,1H3,(H,20,21). The maximum absolute atomic E-state index is 12.1. The molecule has 0 aliphatic carbocycles. The molecule has 2 aromatic heterocycles. The van der Waals surface area contributed by atoms with Gasteiger partial charge in [-0.05, 0) is 13.0 Å². The van der Waals surface area contributed by atoms with Crippen molar-refractivity contribution in [3.8, 4) is 0 Å². The fraction of sp³-hybridized carbons (Fsp3) is 0.188. The van der Waals surface area contributed by atoms with E-state index in [0.29, 0.717) is 16.8 Å². The van der Waals surface area contributed by atoms with Crippen LogP contribution in [0.4, 0.5) is 0 Å². The number of carboxylic acids is 1. The Balaban J connectivity index is 2.38. The summed E-state index contributed by atoms with van der Waals surface area (Å²) in [6.07, 6.45) is 0.895. The van der Waals surface area contributed by atoms with E-state index >= 15 is 0 Å². The highest BCUT2D eigenvalue weighted by Gasteiger charge is 2.24. The predicted molar refractivity (Wildman–Crippen MR) is 80.4 cm³/mol. The smallest absolute Gasteiger partial charge is 0.372 e. The van der Waals surface area contributed by atoms with Crippen LogP contribution in [0.3, 0.4) is 0 Å². The molecule has 6 heteroatoms. The van der Waals surface area contributed by atoms with Crippen molar-refractivity contribution >= 4 is 33.6 Å². The number of rotatable bonds is 4. The molecule has 1 N–H and O–H groups in total. The molecule has 0 fully saturated rings. The molecule has 0 aliphatic heterocycles. The van der Waals surface area contributed by atoms with Crippen LogP contribution in [0.15, 0.2) is 36.5 Å². The highest BCUT2D eigenvalue weighted by atomic mass is 16.5. The van der Waals surface area contributed by atoms with Crippen molar-refractivity contribution < 1.29 is 19.4 Å². The Morgan fingerprint density at radius 1 is 1.23 bits per heavy atom. The monoisotopic (exact) mass is 298 g/mol. The first-order valence-corrected chi connectivity index (χ1v) is 6.92. The van der Waals surface area contributed by atoms with Gasteiger partial charge in [-0.1, -0.05) is 18.2 Å². The number of aliphatic carboxylic acids is 1. The third kappa shape index (κ3) is 2.00. The van der Waals surface area contributed by atoms with Crippen LogP contribution in [0, 0.1) is 5.21 Å². The van der Waals surface area contributed by atoms with E-state index in [1.165, 1.54) is 6.20 Å². The van der Waals surface area contributed by atoms with Crippen molar-refractivity contribution in [3.05, 3.63) is 47.4 Å². The Labute approximate surface area is 125 Å². The number of hydrogen-bond donors (Lipinski definition) is 1. The van der Waals surface area contributed by atoms with E-state index in [1.807, 2.05) is 35.8 Å². The van der Waals surface area contributed by atoms with Gasteiger partial charge >= 0.3 is 5.97 Å². The van der Waals surface area contributed by atoms with Crippen molar-refractivity contribution in [1.29, 1.82) is 0 Å². The second-order valence-electron chi connectivity index (χ2n) is 5.02. The molecule has 0 spiro atoms. The summed E-state index contributed by atoms with van der Waals surface area (Å²) in [6.45, 7) is 2.55. The molecule has 0 bridgehead atoms. The summed E-state index contributed by atoms with van der Waals surface area (Å²) in [7, 11) is 0. The number of ketones is 1. The van der Waals surface area contributed by atoms with Gasteiger partial charge in [0.1, 0.15) is 11.9 Å². The molecule has 0 saturated carbocycles. The zero-order valence-corrected chi connectivity index (χ0v) is 11.9. The molecule has 3 rings (SSSR count). The number of aromatic nitrogens is 2. The molecule has 3 aromatic rings. The minimum Gasteiger partial charge on any atom is -0.618 e. The second-order valence-corrected chi connectivity index (χ2v) is 5.02. The minimum absolute atomic E-state index is 0.169. The number of pyridine rings is 1. The van der Waals surface area contributed by atoms with Crippen molar-refractivity contribution in [2.45, 2.75) is 19.9 Å². The van der Waals surface area contributed by atoms with Crippen LogP contribution in [0.1, 0.15) is 12.6 Å². The Morgan fingerprint density at radius 3 is 2.64 bits per heavy atom. The fourth-order valence-corrected chi connectivity index (χ4v) is 2.86. The molecule has 0 aliphatic rings. The zero-order valence-electron chi connectivity index (χ0n) is 11.9. The number of para-hydroxylation sites is 1. The number of aryl methyl sites for hydroxylation is 1. The van der Waals surface area contributed by atoms with Crippen LogP contribution in [0.2, 0.25) is 0 Å². The summed E-state index contributed by atoms with van der Waals surface area (Å²) < 4.78 is 2.51. The SMILES string of the molecule is CCn1c2ccccc2c2cc[n+]([O-])c(CC(=O)C(=O)O)c21. The van der Waals surface area contributed by atoms with E-state index in [2.05, 4.69) is 0 Å². The molecular formula is C16H14N2O4. The van der Waals surface area contributed by atoms with Crippen LogP contribution < -0.4 is 4.73 Å². The van der Waals surface area contributed by atoms with E-state index < -0.39 is 18.2 Å². The van der Waals surface area contributed by atoms with E-state index in [9.17, 15) is 14.8 Å². The van der Waals surface area contributed by atoms with Gasteiger partial charge in [-0.15, -0.1) is 0 Å². The lowest BCUT2D eigenvalue weighted by molar-refractivity contribution is -0.611. The maximum Gasteiger partial charge on any atom is 0.372 e. The third-order valence-corrected chi connectivity index (χ3v) is 3.81. The summed E-state index contributed by atoms with van der Waals surface area (Å²) in [5, 5.41) is 22.7. The average Bonchev–Trinajstić information content (AvgIpc) is 2.83. The Bertz CT molecular complexity index is 911. The van der Waals surface area contributed by atoms with Gasteiger partial charge in [0.25, 0.3) is 0 Å². The van der Waals surface area contributed by atoms with Gasteiger partial charge in [0, 0.05) is 28.9 Å². The van der Waals surface area contributed by atoms with E-state index in [1.54, 1.807) is 6.07 Å². The lowest BCUT2D eigenvalue weighted by Gasteiger charge is -2.08. The maximum atomic E-state index is 12.1. The van der Waals surface area contributed by atoms with Crippen molar-refractivity contribution in [3.63, 3.8) is 0 Å². The molecule has 0 unspecified atom stereocenters. The van der Waals surface area contributed by atoms with Gasteiger partial charge in [-0.25, -0.2) is 4.79 Å². The third-order valence-electron chi connectivity index (χ3n) is 3.81. The minimum atomic E-state index is -1.53. The van der Waals surface area contributed by atoms with Crippen molar-refractivity contribution in [2.24, 2.45) is 0 Å². The highest BCUT2D eigenvalue weighted by molar-refractivity contribution is 6.33. The molecule has 0 saturated heterocycles. The Hall–Kier alpha value is -2.89. The number of Topliss-reactive ketones (excluding diaryl/α,β-unsaturated/α-hetero) is 1.